The highest BCUT2D eigenvalue weighted by Crippen LogP contribution is 2.28. The number of urea groups is 1. The Morgan fingerprint density at radius 2 is 1.88 bits per heavy atom. The van der Waals surface area contributed by atoms with Gasteiger partial charge in [0.1, 0.15) is 0 Å². The Morgan fingerprint density at radius 3 is 2.46 bits per heavy atom. The second-order valence-corrected chi connectivity index (χ2v) is 4.84. The molecule has 2 aromatic carbocycles. The van der Waals surface area contributed by atoms with Crippen LogP contribution in [0, 0.1) is 10.1 Å². The van der Waals surface area contributed by atoms with Crippen molar-refractivity contribution in [1.82, 2.24) is 5.43 Å². The van der Waals surface area contributed by atoms with Crippen molar-refractivity contribution in [1.29, 1.82) is 0 Å². The minimum Gasteiger partial charge on any atom is -0.493 e. The summed E-state index contributed by atoms with van der Waals surface area (Å²) in [5, 5.41) is 14.2. The van der Waals surface area contributed by atoms with Crippen LogP contribution in [0.1, 0.15) is 15.9 Å². The summed E-state index contributed by atoms with van der Waals surface area (Å²) < 4.78 is 10.4. The highest BCUT2D eigenvalue weighted by Gasteiger charge is 2.14. The quantitative estimate of drug-likeness (QED) is 0.265. The van der Waals surface area contributed by atoms with Gasteiger partial charge in [0.05, 0.1) is 23.8 Å². The first-order valence-electron chi connectivity index (χ1n) is 7.14. The number of methoxy groups -OCH3 is 1. The average Bonchev–Trinajstić information content (AvgIpc) is 2.62. The number of nitrogens with one attached hydrogen (secondary N) is 1. The van der Waals surface area contributed by atoms with Gasteiger partial charge in [0.15, 0.2) is 11.5 Å². The first-order chi connectivity index (χ1) is 12.4. The fraction of sp³-hybridized carbons (Fsp3) is 0.0625. The van der Waals surface area contributed by atoms with E-state index in [4.69, 9.17) is 15.2 Å². The number of nitro groups is 1. The van der Waals surface area contributed by atoms with Gasteiger partial charge < -0.3 is 15.2 Å². The van der Waals surface area contributed by atoms with E-state index in [9.17, 15) is 19.7 Å². The van der Waals surface area contributed by atoms with Gasteiger partial charge in [-0.25, -0.2) is 15.0 Å². The van der Waals surface area contributed by atoms with Gasteiger partial charge in [-0.1, -0.05) is 0 Å². The zero-order valence-electron chi connectivity index (χ0n) is 13.5. The highest BCUT2D eigenvalue weighted by atomic mass is 16.6. The van der Waals surface area contributed by atoms with Gasteiger partial charge in [-0.3, -0.25) is 10.1 Å². The third-order valence-electron chi connectivity index (χ3n) is 3.09. The third kappa shape index (κ3) is 4.77. The topological polar surface area (TPSA) is 146 Å². The van der Waals surface area contributed by atoms with E-state index in [1.54, 1.807) is 6.07 Å². The van der Waals surface area contributed by atoms with Crippen molar-refractivity contribution in [2.45, 2.75) is 0 Å². The summed E-state index contributed by atoms with van der Waals surface area (Å²) in [7, 11) is 1.39. The fourth-order valence-electron chi connectivity index (χ4n) is 1.90. The van der Waals surface area contributed by atoms with Crippen LogP contribution in [-0.4, -0.2) is 30.2 Å². The van der Waals surface area contributed by atoms with Gasteiger partial charge in [-0.2, -0.15) is 5.10 Å². The number of non-ortho nitro benzene ring substituents is 1. The number of hydrazone groups is 1. The summed E-state index contributed by atoms with van der Waals surface area (Å²) in [5.74, 6) is -0.297. The van der Waals surface area contributed by atoms with Crippen molar-refractivity contribution in [3.63, 3.8) is 0 Å². The number of ether oxygens (including phenoxy) is 2. The monoisotopic (exact) mass is 358 g/mol. The molecule has 0 spiro atoms. The summed E-state index contributed by atoms with van der Waals surface area (Å²) >= 11 is 0. The average molecular weight is 358 g/mol. The molecule has 0 aliphatic carbocycles. The molecule has 0 heterocycles. The van der Waals surface area contributed by atoms with Crippen LogP contribution < -0.4 is 20.6 Å². The Balaban J connectivity index is 2.15. The zero-order valence-corrected chi connectivity index (χ0v) is 13.5. The van der Waals surface area contributed by atoms with Crippen LogP contribution >= 0.6 is 0 Å². The lowest BCUT2D eigenvalue weighted by Gasteiger charge is -2.10. The Bertz CT molecular complexity index is 864. The molecular weight excluding hydrogens is 344 g/mol. The van der Waals surface area contributed by atoms with Gasteiger partial charge in [0, 0.05) is 12.1 Å². The molecule has 10 heteroatoms. The minimum atomic E-state index is -0.804. The normalized spacial score (nSPS) is 10.3. The predicted octanol–water partition coefficient (Wildman–Crippen LogP) is 1.82. The number of nitrogens with zero attached hydrogens (tertiary/aromatic N) is 2. The molecule has 2 aromatic rings. The maximum absolute atomic E-state index is 12.2. The van der Waals surface area contributed by atoms with E-state index in [0.29, 0.717) is 5.56 Å². The summed E-state index contributed by atoms with van der Waals surface area (Å²) in [5.41, 5.74) is 7.51. The molecular formula is C16H14N4O6. The van der Waals surface area contributed by atoms with Gasteiger partial charge in [-0.05, 0) is 35.9 Å². The lowest BCUT2D eigenvalue weighted by atomic mass is 10.2. The molecule has 2 rings (SSSR count). The number of esters is 1. The highest BCUT2D eigenvalue weighted by molar-refractivity contribution is 5.92. The molecule has 0 aromatic heterocycles. The van der Waals surface area contributed by atoms with Crippen molar-refractivity contribution >= 4 is 23.9 Å². The Labute approximate surface area is 147 Å². The summed E-state index contributed by atoms with van der Waals surface area (Å²) in [6.07, 6.45) is 1.33. The van der Waals surface area contributed by atoms with E-state index in [2.05, 4.69) is 5.10 Å². The van der Waals surface area contributed by atoms with Crippen LogP contribution in [0.5, 0.6) is 11.5 Å². The van der Waals surface area contributed by atoms with Crippen LogP contribution in [0.2, 0.25) is 0 Å². The molecule has 0 bridgehead atoms. The first kappa shape index (κ1) is 18.4. The molecule has 2 amide bonds. The number of amides is 2. The summed E-state index contributed by atoms with van der Waals surface area (Å²) in [4.78, 5) is 32.8. The Morgan fingerprint density at radius 1 is 1.19 bits per heavy atom. The number of primary amides is 1. The molecule has 134 valence electrons. The lowest BCUT2D eigenvalue weighted by Crippen LogP contribution is -2.24. The molecule has 0 radical (unpaired) electrons. The van der Waals surface area contributed by atoms with E-state index in [0.717, 1.165) is 0 Å². The van der Waals surface area contributed by atoms with E-state index < -0.39 is 16.9 Å². The van der Waals surface area contributed by atoms with E-state index in [-0.39, 0.29) is 22.7 Å². The van der Waals surface area contributed by atoms with Gasteiger partial charge in [0.2, 0.25) is 0 Å². The number of hydrogen-bond acceptors (Lipinski definition) is 7. The molecule has 10 nitrogen and oxygen atoms in total. The van der Waals surface area contributed by atoms with E-state index in [1.165, 1.54) is 49.7 Å². The van der Waals surface area contributed by atoms with Gasteiger partial charge >= 0.3 is 12.0 Å². The largest absolute Gasteiger partial charge is 0.493 e. The van der Waals surface area contributed by atoms with Crippen LogP contribution in [-0.2, 0) is 0 Å². The van der Waals surface area contributed by atoms with Crippen LogP contribution in [0.3, 0.4) is 0 Å². The number of carbonyl (C=O) groups is 2. The number of carbonyl (C=O) groups excluding carboxylic acids is 2. The summed E-state index contributed by atoms with van der Waals surface area (Å²) in [6, 6.07) is 8.79. The minimum absolute atomic E-state index is 0.132. The molecule has 0 unspecified atom stereocenters. The first-order valence-corrected chi connectivity index (χ1v) is 7.14. The van der Waals surface area contributed by atoms with Crippen molar-refractivity contribution in [3.05, 3.63) is 63.7 Å². The van der Waals surface area contributed by atoms with Crippen molar-refractivity contribution in [2.24, 2.45) is 10.8 Å². The molecule has 0 aliphatic rings. The second kappa shape index (κ2) is 8.24. The Hall–Kier alpha value is -3.95. The number of rotatable bonds is 6. The molecule has 26 heavy (non-hydrogen) atoms. The number of nitro benzene ring substituents is 1. The number of benzene rings is 2. The maximum atomic E-state index is 12.2. The van der Waals surface area contributed by atoms with Crippen LogP contribution in [0.15, 0.2) is 47.6 Å². The maximum Gasteiger partial charge on any atom is 0.343 e. The van der Waals surface area contributed by atoms with Gasteiger partial charge in [-0.15, -0.1) is 0 Å². The van der Waals surface area contributed by atoms with E-state index in [1.807, 2.05) is 5.43 Å². The number of hydrogen-bond donors (Lipinski definition) is 2. The smallest absolute Gasteiger partial charge is 0.343 e. The second-order valence-electron chi connectivity index (χ2n) is 4.84. The fourth-order valence-corrected chi connectivity index (χ4v) is 1.90. The van der Waals surface area contributed by atoms with E-state index >= 15 is 0 Å². The molecule has 3 N–H and O–H groups in total. The van der Waals surface area contributed by atoms with Crippen LogP contribution in [0.4, 0.5) is 10.5 Å². The van der Waals surface area contributed by atoms with Crippen molar-refractivity contribution in [3.8, 4) is 11.5 Å². The SMILES string of the molecule is COc1cc(/C=N\NC(N)=O)ccc1OC(=O)c1ccc([N+](=O)[O-])cc1. The van der Waals surface area contributed by atoms with Gasteiger partial charge in [0.25, 0.3) is 5.69 Å². The summed E-state index contributed by atoms with van der Waals surface area (Å²) in [6.45, 7) is 0. The lowest BCUT2D eigenvalue weighted by molar-refractivity contribution is -0.384. The third-order valence-corrected chi connectivity index (χ3v) is 3.09. The Kier molecular flexibility index (Phi) is 5.83. The molecule has 0 fully saturated rings. The van der Waals surface area contributed by atoms with Crippen molar-refractivity contribution < 1.29 is 24.0 Å². The predicted molar refractivity (Wildman–Crippen MR) is 91.4 cm³/mol. The molecule has 0 aliphatic heterocycles. The standard InChI is InChI=1S/C16H14N4O6/c1-25-14-8-10(9-18-19-16(17)22)2-7-13(14)26-15(21)11-3-5-12(6-4-11)20(23)24/h2-9H,1H3,(H3,17,19,22)/b18-9-. The van der Waals surface area contributed by atoms with Crippen molar-refractivity contribution in [2.75, 3.05) is 7.11 Å². The van der Waals surface area contributed by atoms with Crippen LogP contribution in [0.25, 0.3) is 0 Å². The molecule has 0 saturated carbocycles. The zero-order chi connectivity index (χ0) is 19.1. The molecule has 0 atom stereocenters. The number of nitrogens with two attached hydrogens (primary N) is 1. The molecule has 0 saturated heterocycles.